The van der Waals surface area contributed by atoms with Gasteiger partial charge in [0, 0.05) is 43.1 Å². The third-order valence-electron chi connectivity index (χ3n) is 5.97. The number of ether oxygens (including phenoxy) is 2. The zero-order chi connectivity index (χ0) is 26.5. The molecule has 1 unspecified atom stereocenters. The van der Waals surface area contributed by atoms with E-state index in [1.165, 1.54) is 26.4 Å². The van der Waals surface area contributed by atoms with E-state index in [0.29, 0.717) is 33.7 Å². The van der Waals surface area contributed by atoms with E-state index < -0.39 is 28.4 Å². The lowest BCUT2D eigenvalue weighted by Gasteiger charge is -2.24. The summed E-state index contributed by atoms with van der Waals surface area (Å²) >= 11 is 12.3. The highest BCUT2D eigenvalue weighted by Gasteiger charge is 2.38. The van der Waals surface area contributed by atoms with E-state index in [9.17, 15) is 22.8 Å². The molecule has 1 heterocycles. The molecule has 1 amide bonds. The van der Waals surface area contributed by atoms with Crippen molar-refractivity contribution in [1.29, 1.82) is 0 Å². The van der Waals surface area contributed by atoms with Gasteiger partial charge in [0.2, 0.25) is 5.91 Å². The maximum absolute atomic E-state index is 13.6. The van der Waals surface area contributed by atoms with E-state index in [0.717, 1.165) is 6.07 Å². The Hall–Kier alpha value is -2.46. The molecular weight excluding hydrogens is 529 g/mol. The van der Waals surface area contributed by atoms with E-state index in [-0.39, 0.29) is 52.7 Å². The number of ketones is 2. The number of hydrogen-bond donors (Lipinski definition) is 0. The molecule has 11 heteroatoms. The maximum atomic E-state index is 13.6. The second-order valence-electron chi connectivity index (χ2n) is 8.45. The van der Waals surface area contributed by atoms with Crippen LogP contribution in [0.2, 0.25) is 10.0 Å². The van der Waals surface area contributed by atoms with E-state index in [1.54, 1.807) is 18.2 Å². The Morgan fingerprint density at radius 1 is 1.11 bits per heavy atom. The molecule has 8 nitrogen and oxygen atoms in total. The predicted molar refractivity (Wildman–Crippen MR) is 135 cm³/mol. The van der Waals surface area contributed by atoms with Gasteiger partial charge in [-0.25, -0.2) is 12.7 Å². The molecule has 1 aliphatic heterocycles. The molecule has 36 heavy (non-hydrogen) atoms. The van der Waals surface area contributed by atoms with Crippen LogP contribution in [0.15, 0.2) is 41.3 Å². The topological polar surface area (TPSA) is 107 Å². The molecule has 0 spiro atoms. The van der Waals surface area contributed by atoms with Crippen molar-refractivity contribution in [1.82, 2.24) is 4.31 Å². The first-order valence-electron chi connectivity index (χ1n) is 11.3. The van der Waals surface area contributed by atoms with Crippen LogP contribution in [0.1, 0.15) is 41.6 Å². The monoisotopic (exact) mass is 555 g/mol. The molecule has 0 radical (unpaired) electrons. The average molecular weight is 556 g/mol. The van der Waals surface area contributed by atoms with Gasteiger partial charge >= 0.3 is 0 Å². The summed E-state index contributed by atoms with van der Waals surface area (Å²) in [6.45, 7) is -0.214. The SMILES string of the molecule is COCCCC(=O)c1cc(S(=O)(=O)N2CC(=O)CCC(Cc3cc(Cl)ccc3OC)C2=O)ccc1Cl. The Balaban J connectivity index is 1.94. The number of benzene rings is 2. The molecule has 3 rings (SSSR count). The number of methoxy groups -OCH3 is 2. The number of Topliss-reactive ketones (excluding diaryl/α,β-unsaturated/α-hetero) is 2. The van der Waals surface area contributed by atoms with Crippen molar-refractivity contribution in [2.24, 2.45) is 5.92 Å². The van der Waals surface area contributed by atoms with E-state index >= 15 is 0 Å². The van der Waals surface area contributed by atoms with Crippen molar-refractivity contribution in [3.63, 3.8) is 0 Å². The fourth-order valence-electron chi connectivity index (χ4n) is 4.06. The van der Waals surface area contributed by atoms with E-state index in [4.69, 9.17) is 32.7 Å². The summed E-state index contributed by atoms with van der Waals surface area (Å²) < 4.78 is 38.0. The van der Waals surface area contributed by atoms with Crippen molar-refractivity contribution in [2.45, 2.75) is 37.0 Å². The van der Waals surface area contributed by atoms with Gasteiger partial charge in [0.15, 0.2) is 11.6 Å². The van der Waals surface area contributed by atoms with Crippen LogP contribution in [-0.4, -0.2) is 57.6 Å². The lowest BCUT2D eigenvalue weighted by atomic mass is 9.93. The van der Waals surface area contributed by atoms with Gasteiger partial charge in [0.25, 0.3) is 10.0 Å². The Morgan fingerprint density at radius 3 is 2.56 bits per heavy atom. The summed E-state index contributed by atoms with van der Waals surface area (Å²) in [4.78, 5) is 38.3. The molecule has 2 aromatic rings. The summed E-state index contributed by atoms with van der Waals surface area (Å²) in [5.74, 6) is -1.71. The number of halogens is 2. The minimum atomic E-state index is -4.44. The summed E-state index contributed by atoms with van der Waals surface area (Å²) in [7, 11) is -1.45. The third-order valence-corrected chi connectivity index (χ3v) is 8.28. The molecule has 194 valence electrons. The minimum absolute atomic E-state index is 0.0302. The minimum Gasteiger partial charge on any atom is -0.496 e. The number of rotatable bonds is 10. The van der Waals surface area contributed by atoms with Crippen molar-refractivity contribution in [3.8, 4) is 5.75 Å². The molecule has 0 aromatic heterocycles. The van der Waals surface area contributed by atoms with Gasteiger partial charge in [-0.15, -0.1) is 0 Å². The largest absolute Gasteiger partial charge is 0.496 e. The highest BCUT2D eigenvalue weighted by atomic mass is 35.5. The first kappa shape index (κ1) is 28.1. The molecule has 0 bridgehead atoms. The molecule has 1 atom stereocenters. The lowest BCUT2D eigenvalue weighted by molar-refractivity contribution is -0.131. The van der Waals surface area contributed by atoms with Crippen molar-refractivity contribution >= 4 is 50.7 Å². The second kappa shape index (κ2) is 12.2. The first-order valence-corrected chi connectivity index (χ1v) is 13.5. The second-order valence-corrected chi connectivity index (χ2v) is 11.2. The van der Waals surface area contributed by atoms with Crippen molar-refractivity contribution in [3.05, 3.63) is 57.6 Å². The number of carbonyl (C=O) groups is 3. The van der Waals surface area contributed by atoms with Gasteiger partial charge in [-0.05, 0) is 61.2 Å². The molecular formula is C25H27Cl2NO7S. The van der Waals surface area contributed by atoms with Gasteiger partial charge in [0.05, 0.1) is 23.6 Å². The molecule has 1 aliphatic rings. The van der Waals surface area contributed by atoms with Crippen molar-refractivity contribution < 1.29 is 32.3 Å². The van der Waals surface area contributed by atoms with Crippen LogP contribution in [-0.2, 0) is 30.8 Å². The van der Waals surface area contributed by atoms with E-state index in [1.807, 2.05) is 0 Å². The van der Waals surface area contributed by atoms with Crippen LogP contribution in [0.25, 0.3) is 0 Å². The third kappa shape index (κ3) is 6.45. The fraction of sp³-hybridized carbons (Fsp3) is 0.400. The Morgan fingerprint density at radius 2 is 1.86 bits per heavy atom. The Bertz CT molecular complexity index is 1260. The van der Waals surface area contributed by atoms with Crippen LogP contribution >= 0.6 is 23.2 Å². The number of amides is 1. The highest BCUT2D eigenvalue weighted by molar-refractivity contribution is 7.89. The van der Waals surface area contributed by atoms with Gasteiger partial charge < -0.3 is 9.47 Å². The normalized spacial score (nSPS) is 16.7. The number of nitrogens with zero attached hydrogens (tertiary/aromatic N) is 1. The molecule has 0 saturated carbocycles. The van der Waals surface area contributed by atoms with Gasteiger partial charge in [-0.2, -0.15) is 0 Å². The molecule has 0 N–H and O–H groups in total. The zero-order valence-electron chi connectivity index (χ0n) is 20.0. The molecule has 0 aliphatic carbocycles. The average Bonchev–Trinajstić information content (AvgIpc) is 2.98. The molecule has 1 saturated heterocycles. The Labute approximate surface area is 220 Å². The van der Waals surface area contributed by atoms with Gasteiger partial charge in [-0.1, -0.05) is 23.2 Å². The Kier molecular flexibility index (Phi) is 9.52. The summed E-state index contributed by atoms with van der Waals surface area (Å²) in [5, 5.41) is 0.539. The quantitative estimate of drug-likeness (QED) is 0.316. The zero-order valence-corrected chi connectivity index (χ0v) is 22.3. The summed E-state index contributed by atoms with van der Waals surface area (Å²) in [5.41, 5.74) is 0.660. The highest BCUT2D eigenvalue weighted by Crippen LogP contribution is 2.31. The standard InChI is InChI=1S/C25H27Cl2NO7S/c1-34-11-3-4-23(30)21-14-20(8-9-22(21)27)36(32,33)28-15-19(29)7-5-16(25(28)31)12-17-13-18(26)6-10-24(17)35-2/h6,8-10,13-14,16H,3-5,7,11-12,15H2,1-2H3. The van der Waals surface area contributed by atoms with Crippen LogP contribution in [0.4, 0.5) is 0 Å². The molecule has 2 aromatic carbocycles. The van der Waals surface area contributed by atoms with E-state index in [2.05, 4.69) is 0 Å². The number of carbonyl (C=O) groups excluding carboxylic acids is 3. The predicted octanol–water partition coefficient (Wildman–Crippen LogP) is 4.35. The van der Waals surface area contributed by atoms with Crippen LogP contribution in [0, 0.1) is 5.92 Å². The maximum Gasteiger partial charge on any atom is 0.266 e. The fourth-order valence-corrected chi connectivity index (χ4v) is 5.94. The van der Waals surface area contributed by atoms with Gasteiger partial charge in [-0.3, -0.25) is 14.4 Å². The van der Waals surface area contributed by atoms with Crippen molar-refractivity contribution in [2.75, 3.05) is 27.4 Å². The summed E-state index contributed by atoms with van der Waals surface area (Å²) in [6, 6.07) is 8.65. The number of hydrogen-bond acceptors (Lipinski definition) is 7. The molecule has 1 fully saturated rings. The first-order chi connectivity index (χ1) is 17.1. The smallest absolute Gasteiger partial charge is 0.266 e. The number of sulfonamides is 1. The van der Waals surface area contributed by atoms with Crippen LogP contribution in [0.5, 0.6) is 5.75 Å². The van der Waals surface area contributed by atoms with Gasteiger partial charge in [0.1, 0.15) is 5.75 Å². The van der Waals surface area contributed by atoms with Crippen LogP contribution < -0.4 is 4.74 Å². The lowest BCUT2D eigenvalue weighted by Crippen LogP contribution is -2.42. The van der Waals surface area contributed by atoms with Crippen LogP contribution in [0.3, 0.4) is 0 Å². The summed E-state index contributed by atoms with van der Waals surface area (Å²) in [6.07, 6.45) is 0.933.